The van der Waals surface area contributed by atoms with Crippen LogP contribution in [0.3, 0.4) is 0 Å². The van der Waals surface area contributed by atoms with Gasteiger partial charge in [-0.25, -0.2) is 4.99 Å². The van der Waals surface area contributed by atoms with Crippen molar-refractivity contribution in [1.29, 1.82) is 0 Å². The number of nitrogens with zero attached hydrogens (tertiary/aromatic N) is 2. The van der Waals surface area contributed by atoms with Crippen LogP contribution in [0.15, 0.2) is 68.9 Å². The van der Waals surface area contributed by atoms with Crippen LogP contribution in [0.5, 0.6) is 0 Å². The summed E-state index contributed by atoms with van der Waals surface area (Å²) in [5.41, 5.74) is 2.18. The maximum Gasteiger partial charge on any atom is 0.270 e. The molecule has 7 nitrogen and oxygen atoms in total. The molecule has 0 aliphatic carbocycles. The molecule has 150 valence electrons. The molecule has 1 saturated heterocycles. The van der Waals surface area contributed by atoms with E-state index in [0.717, 1.165) is 11.3 Å². The fraction of sp³-hybridized carbons (Fsp3) is 0.0476. The number of carbonyl (C=O) groups is 1. The minimum absolute atomic E-state index is 0.0895. The van der Waals surface area contributed by atoms with Crippen LogP contribution in [0.2, 0.25) is 5.02 Å². The summed E-state index contributed by atoms with van der Waals surface area (Å²) in [5, 5.41) is 14.5. The molecule has 9 heteroatoms. The molecule has 4 rings (SSSR count). The van der Waals surface area contributed by atoms with E-state index in [-0.39, 0.29) is 11.6 Å². The first-order chi connectivity index (χ1) is 14.4. The molecule has 2 heterocycles. The number of thioether (sulfide) groups is 1. The summed E-state index contributed by atoms with van der Waals surface area (Å²) in [6, 6.07) is 15.1. The van der Waals surface area contributed by atoms with E-state index in [0.29, 0.717) is 32.2 Å². The van der Waals surface area contributed by atoms with Gasteiger partial charge in [-0.2, -0.15) is 0 Å². The minimum Gasteiger partial charge on any atom is -0.457 e. The molecule has 30 heavy (non-hydrogen) atoms. The lowest BCUT2D eigenvalue weighted by Crippen LogP contribution is -2.19. The van der Waals surface area contributed by atoms with E-state index in [1.54, 1.807) is 18.2 Å². The van der Waals surface area contributed by atoms with Crippen LogP contribution < -0.4 is 5.32 Å². The van der Waals surface area contributed by atoms with Gasteiger partial charge in [-0.1, -0.05) is 29.3 Å². The number of amides is 1. The van der Waals surface area contributed by atoms with Gasteiger partial charge >= 0.3 is 0 Å². The number of amidine groups is 1. The van der Waals surface area contributed by atoms with Gasteiger partial charge in [-0.15, -0.1) is 0 Å². The summed E-state index contributed by atoms with van der Waals surface area (Å²) in [7, 11) is 0. The van der Waals surface area contributed by atoms with E-state index in [1.165, 1.54) is 30.0 Å². The molecule has 0 saturated carbocycles. The maximum atomic E-state index is 12.3. The van der Waals surface area contributed by atoms with E-state index in [9.17, 15) is 14.9 Å². The molecular weight excluding hydrogens is 426 g/mol. The molecule has 1 amide bonds. The minimum atomic E-state index is -0.500. The number of nitro groups is 1. The van der Waals surface area contributed by atoms with Gasteiger partial charge in [-0.05, 0) is 49.0 Å². The van der Waals surface area contributed by atoms with Crippen molar-refractivity contribution in [3.05, 3.63) is 86.0 Å². The Kier molecular flexibility index (Phi) is 5.43. The van der Waals surface area contributed by atoms with Crippen LogP contribution in [0, 0.1) is 17.0 Å². The number of aliphatic imine (C=N–C) groups is 1. The second-order valence-corrected chi connectivity index (χ2v) is 7.88. The molecule has 1 fully saturated rings. The van der Waals surface area contributed by atoms with Gasteiger partial charge in [0.2, 0.25) is 0 Å². The number of hydrogen-bond donors (Lipinski definition) is 1. The van der Waals surface area contributed by atoms with E-state index in [2.05, 4.69) is 10.3 Å². The second kappa shape index (κ2) is 8.17. The van der Waals surface area contributed by atoms with Gasteiger partial charge in [-0.3, -0.25) is 14.9 Å². The Hall–Kier alpha value is -3.36. The van der Waals surface area contributed by atoms with Crippen molar-refractivity contribution in [3.63, 3.8) is 0 Å². The summed E-state index contributed by atoms with van der Waals surface area (Å²) in [6.07, 6.45) is 1.59. The Labute approximate surface area is 180 Å². The second-order valence-electron chi connectivity index (χ2n) is 6.44. The Balaban J connectivity index is 1.57. The average Bonchev–Trinajstić information content (AvgIpc) is 3.31. The van der Waals surface area contributed by atoms with Gasteiger partial charge in [0.25, 0.3) is 11.6 Å². The van der Waals surface area contributed by atoms with Crippen molar-refractivity contribution in [2.75, 3.05) is 0 Å². The maximum absolute atomic E-state index is 12.3. The first-order valence-corrected chi connectivity index (χ1v) is 9.99. The third-order valence-corrected chi connectivity index (χ3v) is 5.48. The smallest absolute Gasteiger partial charge is 0.270 e. The Morgan fingerprint density at radius 1 is 1.17 bits per heavy atom. The highest BCUT2D eigenvalue weighted by molar-refractivity contribution is 8.18. The number of hydrogen-bond acceptors (Lipinski definition) is 6. The topological polar surface area (TPSA) is 97.7 Å². The number of nitrogens with one attached hydrogen (secondary N) is 1. The lowest BCUT2D eigenvalue weighted by atomic mass is 10.1. The molecule has 1 aliphatic rings. The van der Waals surface area contributed by atoms with Crippen LogP contribution >= 0.6 is 23.4 Å². The molecular formula is C21H14ClN3O4S. The van der Waals surface area contributed by atoms with Crippen LogP contribution in [0.4, 0.5) is 11.4 Å². The number of furan rings is 1. The zero-order valence-corrected chi connectivity index (χ0v) is 17.2. The van der Waals surface area contributed by atoms with Crippen LogP contribution in [-0.2, 0) is 4.79 Å². The Morgan fingerprint density at radius 3 is 2.67 bits per heavy atom. The molecule has 3 aromatic rings. The van der Waals surface area contributed by atoms with Crippen molar-refractivity contribution in [1.82, 2.24) is 5.32 Å². The first kappa shape index (κ1) is 19.9. The van der Waals surface area contributed by atoms with Crippen molar-refractivity contribution in [3.8, 4) is 11.3 Å². The van der Waals surface area contributed by atoms with Gasteiger partial charge in [0.05, 0.1) is 20.5 Å². The third kappa shape index (κ3) is 4.29. The molecule has 1 aliphatic heterocycles. The monoisotopic (exact) mass is 439 g/mol. The number of carbonyl (C=O) groups excluding carboxylic acids is 1. The highest BCUT2D eigenvalue weighted by Gasteiger charge is 2.24. The summed E-state index contributed by atoms with van der Waals surface area (Å²) in [4.78, 5) is 27.6. The zero-order chi connectivity index (χ0) is 21.3. The highest BCUT2D eigenvalue weighted by Crippen LogP contribution is 2.34. The molecule has 0 spiro atoms. The molecule has 1 aromatic heterocycles. The predicted octanol–water partition coefficient (Wildman–Crippen LogP) is 5.71. The Morgan fingerprint density at radius 2 is 1.93 bits per heavy atom. The molecule has 0 radical (unpaired) electrons. The summed E-state index contributed by atoms with van der Waals surface area (Å²) >= 11 is 7.36. The van der Waals surface area contributed by atoms with E-state index >= 15 is 0 Å². The quantitative estimate of drug-likeness (QED) is 0.319. The van der Waals surface area contributed by atoms with Crippen LogP contribution in [0.1, 0.15) is 11.3 Å². The predicted molar refractivity (Wildman–Crippen MR) is 118 cm³/mol. The lowest BCUT2D eigenvalue weighted by molar-refractivity contribution is -0.384. The van der Waals surface area contributed by atoms with E-state index < -0.39 is 4.92 Å². The number of rotatable bonds is 4. The summed E-state index contributed by atoms with van der Waals surface area (Å²) in [5.74, 6) is 0.506. The molecule has 0 bridgehead atoms. The first-order valence-electron chi connectivity index (χ1n) is 8.79. The normalized spacial score (nSPS) is 16.3. The number of non-ortho nitro benzene ring substituents is 1. The van der Waals surface area contributed by atoms with Crippen molar-refractivity contribution < 1.29 is 14.1 Å². The fourth-order valence-electron chi connectivity index (χ4n) is 2.74. The van der Waals surface area contributed by atoms with Gasteiger partial charge in [0.1, 0.15) is 11.5 Å². The highest BCUT2D eigenvalue weighted by atomic mass is 35.5. The Bertz CT molecular complexity index is 1220. The van der Waals surface area contributed by atoms with Crippen molar-refractivity contribution >= 4 is 51.9 Å². The van der Waals surface area contributed by atoms with E-state index in [1.807, 2.05) is 31.2 Å². The largest absolute Gasteiger partial charge is 0.457 e. The number of nitro benzene ring substituents is 1. The fourth-order valence-corrected chi connectivity index (χ4v) is 3.77. The number of benzene rings is 2. The average molecular weight is 440 g/mol. The van der Waals surface area contributed by atoms with Gasteiger partial charge in [0.15, 0.2) is 5.17 Å². The number of halogens is 1. The molecule has 0 atom stereocenters. The summed E-state index contributed by atoms with van der Waals surface area (Å²) < 4.78 is 5.75. The van der Waals surface area contributed by atoms with E-state index in [4.69, 9.17) is 16.0 Å². The lowest BCUT2D eigenvalue weighted by Gasteiger charge is -2.00. The number of aryl methyl sites for hydroxylation is 1. The third-order valence-electron chi connectivity index (χ3n) is 4.24. The summed E-state index contributed by atoms with van der Waals surface area (Å²) in [6.45, 7) is 1.99. The van der Waals surface area contributed by atoms with Crippen molar-refractivity contribution in [2.24, 2.45) is 4.99 Å². The zero-order valence-electron chi connectivity index (χ0n) is 15.6. The molecule has 0 unspecified atom stereocenters. The van der Waals surface area contributed by atoms with Crippen molar-refractivity contribution in [2.45, 2.75) is 6.92 Å². The van der Waals surface area contributed by atoms with Gasteiger partial charge < -0.3 is 9.73 Å². The SMILES string of the molecule is Cc1ccc(N=C2NC(=O)/C(=C/c3ccc(-c4cc([N+](=O)[O-])ccc4Cl)o3)S2)cc1. The standard InChI is InChI=1S/C21H14ClN3O4S/c1-12-2-4-13(5-3-12)23-21-24-20(26)19(30-21)11-15-7-9-18(29-15)16-10-14(25(27)28)6-8-17(16)22/h2-11H,1H3,(H,23,24,26)/b19-11-. The van der Waals surface area contributed by atoms with Crippen LogP contribution in [-0.4, -0.2) is 16.0 Å². The molecule has 2 aromatic carbocycles. The molecule has 1 N–H and O–H groups in total. The van der Waals surface area contributed by atoms with Crippen LogP contribution in [0.25, 0.3) is 17.4 Å². The van der Waals surface area contributed by atoms with Gasteiger partial charge in [0, 0.05) is 23.8 Å².